The van der Waals surface area contributed by atoms with E-state index in [1.165, 1.54) is 11.1 Å². The molecule has 1 atom stereocenters. The topological polar surface area (TPSA) is 26.3 Å². The second kappa shape index (κ2) is 4.88. The highest BCUT2D eigenvalue weighted by molar-refractivity contribution is 5.96. The number of methoxy groups -OCH3 is 1. The largest absolute Gasteiger partial charge is 0.497 e. The van der Waals surface area contributed by atoms with Gasteiger partial charge < -0.3 is 4.74 Å². The van der Waals surface area contributed by atoms with Crippen LogP contribution in [0.1, 0.15) is 33.8 Å². The maximum Gasteiger partial charge on any atom is 0.163 e. The molecule has 0 saturated carbocycles. The number of ketones is 1. The van der Waals surface area contributed by atoms with Crippen molar-refractivity contribution in [3.63, 3.8) is 0 Å². The first-order valence-corrected chi connectivity index (χ1v) is 6.53. The normalized spacial score (nSPS) is 16.4. The molecule has 2 aromatic carbocycles. The molecule has 0 saturated heterocycles. The molecular formula is C17H16O2. The van der Waals surface area contributed by atoms with Crippen molar-refractivity contribution in [2.24, 2.45) is 0 Å². The van der Waals surface area contributed by atoms with Gasteiger partial charge in [0, 0.05) is 12.0 Å². The molecule has 3 rings (SSSR count). The van der Waals surface area contributed by atoms with E-state index in [2.05, 4.69) is 18.2 Å². The first kappa shape index (κ1) is 12.0. The van der Waals surface area contributed by atoms with Crippen LogP contribution in [-0.2, 0) is 6.42 Å². The molecule has 0 aromatic heterocycles. The molecular weight excluding hydrogens is 236 g/mol. The number of Topliss-reactive ketones (excluding diaryl/α,β-unsaturated/α-hetero) is 1. The standard InChI is InChI=1S/C17H16O2/c1-19-15-8-6-12(7-9-15)17(18)11-14-10-13-4-2-3-5-16(13)14/h2-9,14H,10-11H2,1H3. The summed E-state index contributed by atoms with van der Waals surface area (Å²) in [4.78, 5) is 12.2. The molecule has 0 spiro atoms. The number of ether oxygens (including phenoxy) is 1. The van der Waals surface area contributed by atoms with E-state index in [0.717, 1.165) is 17.7 Å². The summed E-state index contributed by atoms with van der Waals surface area (Å²) in [5.41, 5.74) is 3.49. The van der Waals surface area contributed by atoms with Gasteiger partial charge in [0.05, 0.1) is 7.11 Å². The van der Waals surface area contributed by atoms with Gasteiger partial charge in [-0.1, -0.05) is 24.3 Å². The predicted molar refractivity (Wildman–Crippen MR) is 74.8 cm³/mol. The highest BCUT2D eigenvalue weighted by atomic mass is 16.5. The van der Waals surface area contributed by atoms with Crippen LogP contribution in [0.5, 0.6) is 5.75 Å². The van der Waals surface area contributed by atoms with Crippen molar-refractivity contribution in [1.29, 1.82) is 0 Å². The highest BCUT2D eigenvalue weighted by Crippen LogP contribution is 2.37. The third kappa shape index (κ3) is 2.26. The SMILES string of the molecule is COc1ccc(C(=O)CC2Cc3ccccc32)cc1. The van der Waals surface area contributed by atoms with E-state index in [1.807, 2.05) is 30.3 Å². The van der Waals surface area contributed by atoms with Crippen LogP contribution >= 0.6 is 0 Å². The molecule has 1 aliphatic carbocycles. The zero-order chi connectivity index (χ0) is 13.2. The van der Waals surface area contributed by atoms with Crippen LogP contribution in [0.15, 0.2) is 48.5 Å². The van der Waals surface area contributed by atoms with Gasteiger partial charge in [0.2, 0.25) is 0 Å². The van der Waals surface area contributed by atoms with Crippen LogP contribution in [0, 0.1) is 0 Å². The number of rotatable bonds is 4. The summed E-state index contributed by atoms with van der Waals surface area (Å²) in [7, 11) is 1.63. The molecule has 0 heterocycles. The minimum atomic E-state index is 0.210. The van der Waals surface area contributed by atoms with E-state index >= 15 is 0 Å². The van der Waals surface area contributed by atoms with Crippen molar-refractivity contribution in [1.82, 2.24) is 0 Å². The first-order chi connectivity index (χ1) is 9.28. The Labute approximate surface area is 113 Å². The molecule has 2 nitrogen and oxygen atoms in total. The molecule has 0 amide bonds. The van der Waals surface area contributed by atoms with Gasteiger partial charge >= 0.3 is 0 Å². The average molecular weight is 252 g/mol. The maximum atomic E-state index is 12.2. The fourth-order valence-corrected chi connectivity index (χ4v) is 2.66. The Morgan fingerprint density at radius 2 is 1.89 bits per heavy atom. The quantitative estimate of drug-likeness (QED) is 0.777. The number of carbonyl (C=O) groups excluding carboxylic acids is 1. The van der Waals surface area contributed by atoms with Gasteiger partial charge in [-0.25, -0.2) is 0 Å². The second-order valence-electron chi connectivity index (χ2n) is 4.96. The molecule has 0 N–H and O–H groups in total. The minimum absolute atomic E-state index is 0.210. The lowest BCUT2D eigenvalue weighted by Crippen LogP contribution is -2.20. The predicted octanol–water partition coefficient (Wildman–Crippen LogP) is 3.61. The zero-order valence-corrected chi connectivity index (χ0v) is 10.9. The van der Waals surface area contributed by atoms with Crippen LogP contribution < -0.4 is 4.74 Å². The monoisotopic (exact) mass is 252 g/mol. The summed E-state index contributed by atoms with van der Waals surface area (Å²) < 4.78 is 5.10. The van der Waals surface area contributed by atoms with Crippen molar-refractivity contribution >= 4 is 5.78 Å². The van der Waals surface area contributed by atoms with Crippen LogP contribution in [0.2, 0.25) is 0 Å². The Kier molecular flexibility index (Phi) is 3.08. The minimum Gasteiger partial charge on any atom is -0.497 e. The second-order valence-corrected chi connectivity index (χ2v) is 4.96. The molecule has 2 heteroatoms. The summed E-state index contributed by atoms with van der Waals surface area (Å²) in [6, 6.07) is 15.7. The van der Waals surface area contributed by atoms with Crippen molar-refractivity contribution < 1.29 is 9.53 Å². The Bertz CT molecular complexity index is 599. The van der Waals surface area contributed by atoms with Gasteiger partial charge in [-0.3, -0.25) is 4.79 Å². The van der Waals surface area contributed by atoms with Crippen LogP contribution in [0.4, 0.5) is 0 Å². The van der Waals surface area contributed by atoms with Gasteiger partial charge in [-0.05, 0) is 47.7 Å². The molecule has 19 heavy (non-hydrogen) atoms. The average Bonchev–Trinajstić information content (AvgIpc) is 2.44. The van der Waals surface area contributed by atoms with Gasteiger partial charge in [-0.2, -0.15) is 0 Å². The highest BCUT2D eigenvalue weighted by Gasteiger charge is 2.27. The van der Waals surface area contributed by atoms with Gasteiger partial charge in [-0.15, -0.1) is 0 Å². The Balaban J connectivity index is 1.69. The van der Waals surface area contributed by atoms with E-state index < -0.39 is 0 Å². The number of fused-ring (bicyclic) bond motifs is 1. The molecule has 0 aliphatic heterocycles. The molecule has 0 bridgehead atoms. The lowest BCUT2D eigenvalue weighted by atomic mass is 9.74. The van der Waals surface area contributed by atoms with Crippen molar-refractivity contribution in [2.75, 3.05) is 7.11 Å². The summed E-state index contributed by atoms with van der Waals surface area (Å²) in [5.74, 6) is 1.39. The molecule has 0 radical (unpaired) electrons. The van der Waals surface area contributed by atoms with Crippen LogP contribution in [0.25, 0.3) is 0 Å². The summed E-state index contributed by atoms with van der Waals surface area (Å²) in [5, 5.41) is 0. The van der Waals surface area contributed by atoms with Crippen molar-refractivity contribution in [2.45, 2.75) is 18.8 Å². The van der Waals surface area contributed by atoms with E-state index in [1.54, 1.807) is 7.11 Å². The lowest BCUT2D eigenvalue weighted by Gasteiger charge is -2.29. The molecule has 96 valence electrons. The smallest absolute Gasteiger partial charge is 0.163 e. The first-order valence-electron chi connectivity index (χ1n) is 6.53. The Morgan fingerprint density at radius 3 is 2.58 bits per heavy atom. The summed E-state index contributed by atoms with van der Waals surface area (Å²) in [6.45, 7) is 0. The Hall–Kier alpha value is -2.09. The van der Waals surface area contributed by atoms with E-state index in [9.17, 15) is 4.79 Å². The van der Waals surface area contributed by atoms with E-state index in [4.69, 9.17) is 4.74 Å². The van der Waals surface area contributed by atoms with Gasteiger partial charge in [0.25, 0.3) is 0 Å². The molecule has 2 aromatic rings. The fourth-order valence-electron chi connectivity index (χ4n) is 2.66. The van der Waals surface area contributed by atoms with Gasteiger partial charge in [0.15, 0.2) is 5.78 Å². The van der Waals surface area contributed by atoms with Crippen molar-refractivity contribution in [3.05, 3.63) is 65.2 Å². The third-order valence-electron chi connectivity index (χ3n) is 3.81. The fraction of sp³-hybridized carbons (Fsp3) is 0.235. The third-order valence-corrected chi connectivity index (χ3v) is 3.81. The maximum absolute atomic E-state index is 12.2. The zero-order valence-electron chi connectivity index (χ0n) is 10.9. The van der Waals surface area contributed by atoms with Crippen LogP contribution in [0.3, 0.4) is 0 Å². The summed E-state index contributed by atoms with van der Waals surface area (Å²) >= 11 is 0. The number of hydrogen-bond donors (Lipinski definition) is 0. The number of carbonyl (C=O) groups is 1. The summed E-state index contributed by atoms with van der Waals surface area (Å²) in [6.07, 6.45) is 1.63. The molecule has 1 unspecified atom stereocenters. The molecule has 1 aliphatic rings. The van der Waals surface area contributed by atoms with E-state index in [-0.39, 0.29) is 5.78 Å². The molecule has 0 fully saturated rings. The van der Waals surface area contributed by atoms with Crippen molar-refractivity contribution in [3.8, 4) is 5.75 Å². The number of benzene rings is 2. The lowest BCUT2D eigenvalue weighted by molar-refractivity contribution is 0.0970. The Morgan fingerprint density at radius 1 is 1.16 bits per heavy atom. The van der Waals surface area contributed by atoms with Gasteiger partial charge in [0.1, 0.15) is 5.75 Å². The van der Waals surface area contributed by atoms with E-state index in [0.29, 0.717) is 12.3 Å². The number of hydrogen-bond acceptors (Lipinski definition) is 2. The van der Waals surface area contributed by atoms with Crippen LogP contribution in [-0.4, -0.2) is 12.9 Å².